The number of nitrogens with zero attached hydrogens (tertiary/aromatic N) is 2. The fraction of sp³-hybridized carbons (Fsp3) is 0.444. The van der Waals surface area contributed by atoms with Crippen LogP contribution in [0.1, 0.15) is 47.7 Å². The molecular formula is C27H32N4O4. The second kappa shape index (κ2) is 11.0. The van der Waals surface area contributed by atoms with Crippen molar-refractivity contribution in [1.82, 2.24) is 20.4 Å². The molecule has 184 valence electrons. The third-order valence-electron chi connectivity index (χ3n) is 7.05. The van der Waals surface area contributed by atoms with Gasteiger partial charge in [0.2, 0.25) is 0 Å². The van der Waals surface area contributed by atoms with Crippen molar-refractivity contribution in [3.63, 3.8) is 0 Å². The van der Waals surface area contributed by atoms with Crippen LogP contribution in [0, 0.1) is 0 Å². The van der Waals surface area contributed by atoms with Crippen LogP contribution in [0.2, 0.25) is 0 Å². The number of morpholine rings is 1. The minimum atomic E-state index is -0.155. The summed E-state index contributed by atoms with van der Waals surface area (Å²) in [4.78, 5) is 27.3. The summed E-state index contributed by atoms with van der Waals surface area (Å²) in [5, 5.41) is 11.8. The van der Waals surface area contributed by atoms with E-state index in [-0.39, 0.29) is 23.4 Å². The summed E-state index contributed by atoms with van der Waals surface area (Å²) in [7, 11) is 0. The molecule has 2 fully saturated rings. The second-order valence-electron chi connectivity index (χ2n) is 9.34. The molecule has 8 heteroatoms. The first kappa shape index (κ1) is 23.5. The highest BCUT2D eigenvalue weighted by molar-refractivity contribution is 5.94. The molecule has 1 saturated heterocycles. The molecule has 1 aliphatic heterocycles. The van der Waals surface area contributed by atoms with Gasteiger partial charge in [0.1, 0.15) is 12.4 Å². The van der Waals surface area contributed by atoms with Gasteiger partial charge in [0, 0.05) is 42.5 Å². The lowest BCUT2D eigenvalue weighted by molar-refractivity contribution is 0.0322. The second-order valence-corrected chi connectivity index (χ2v) is 9.34. The fourth-order valence-electron chi connectivity index (χ4n) is 5.07. The van der Waals surface area contributed by atoms with Gasteiger partial charge < -0.3 is 14.8 Å². The van der Waals surface area contributed by atoms with E-state index in [2.05, 4.69) is 20.4 Å². The van der Waals surface area contributed by atoms with Crippen molar-refractivity contribution in [2.24, 2.45) is 0 Å². The molecule has 3 aromatic rings. The molecule has 0 unspecified atom stereocenters. The fourth-order valence-corrected chi connectivity index (χ4v) is 5.07. The van der Waals surface area contributed by atoms with E-state index in [0.29, 0.717) is 23.3 Å². The Labute approximate surface area is 204 Å². The van der Waals surface area contributed by atoms with Crippen molar-refractivity contribution in [3.8, 4) is 5.75 Å². The molecule has 5 rings (SSSR count). The summed E-state index contributed by atoms with van der Waals surface area (Å²) in [6.45, 7) is 4.85. The molecule has 0 spiro atoms. The number of H-pyrrole nitrogens is 1. The number of carbonyl (C=O) groups excluding carboxylic acids is 1. The zero-order chi connectivity index (χ0) is 24.0. The predicted octanol–water partition coefficient (Wildman–Crippen LogP) is 3.09. The molecule has 8 nitrogen and oxygen atoms in total. The van der Waals surface area contributed by atoms with E-state index in [1.165, 1.54) is 0 Å². The summed E-state index contributed by atoms with van der Waals surface area (Å²) < 4.78 is 11.3. The lowest BCUT2D eigenvalue weighted by Gasteiger charge is -2.29. The smallest absolute Gasteiger partial charge is 0.272 e. The zero-order valence-electron chi connectivity index (χ0n) is 19.9. The number of hydrogen-bond acceptors (Lipinski definition) is 6. The minimum absolute atomic E-state index is 0.0697. The van der Waals surface area contributed by atoms with Crippen LogP contribution < -0.4 is 15.6 Å². The summed E-state index contributed by atoms with van der Waals surface area (Å²) in [6.07, 6.45) is 3.58. The molecule has 0 radical (unpaired) electrons. The first-order chi connectivity index (χ1) is 17.2. The number of benzene rings is 2. The molecule has 1 amide bonds. The quantitative estimate of drug-likeness (QED) is 0.544. The molecule has 0 atom stereocenters. The molecule has 1 aromatic heterocycles. The van der Waals surface area contributed by atoms with E-state index in [4.69, 9.17) is 9.47 Å². The van der Waals surface area contributed by atoms with Gasteiger partial charge in [-0.25, -0.2) is 5.10 Å². The van der Waals surface area contributed by atoms with E-state index in [9.17, 15) is 9.59 Å². The maximum atomic E-state index is 12.9. The van der Waals surface area contributed by atoms with Gasteiger partial charge in [0.15, 0.2) is 0 Å². The van der Waals surface area contributed by atoms with Crippen molar-refractivity contribution in [3.05, 3.63) is 70.1 Å². The summed E-state index contributed by atoms with van der Waals surface area (Å²) in [6, 6.07) is 15.1. The predicted molar refractivity (Wildman–Crippen MR) is 134 cm³/mol. The van der Waals surface area contributed by atoms with E-state index in [1.54, 1.807) is 0 Å². The average Bonchev–Trinajstić information content (AvgIpc) is 2.90. The van der Waals surface area contributed by atoms with Gasteiger partial charge in [-0.15, -0.1) is 0 Å². The summed E-state index contributed by atoms with van der Waals surface area (Å²) in [5.74, 6) is 0.915. The number of ether oxygens (including phenoxy) is 2. The van der Waals surface area contributed by atoms with Crippen LogP contribution in [-0.2, 0) is 4.74 Å². The van der Waals surface area contributed by atoms with Crippen LogP contribution in [0.4, 0.5) is 0 Å². The molecule has 2 heterocycles. The number of fused-ring (bicyclic) bond motifs is 1. The first-order valence-corrected chi connectivity index (χ1v) is 12.5. The van der Waals surface area contributed by atoms with E-state index in [1.807, 2.05) is 48.5 Å². The zero-order valence-corrected chi connectivity index (χ0v) is 19.9. The molecule has 2 aliphatic rings. The highest BCUT2D eigenvalue weighted by Crippen LogP contribution is 2.34. The Morgan fingerprint density at radius 2 is 1.83 bits per heavy atom. The van der Waals surface area contributed by atoms with Crippen LogP contribution in [0.25, 0.3) is 10.8 Å². The summed E-state index contributed by atoms with van der Waals surface area (Å²) in [5.41, 5.74) is 1.41. The standard InChI is InChI=1S/C27H32N4O4/c32-26(20-4-3-5-22(18-20)35-17-14-31-12-15-34-16-13-31)28-21-10-8-19(9-11-21)25-23-6-1-2-7-24(23)27(33)30-29-25/h1-7,18-19,21H,8-17H2,(H,28,32)(H,30,33). The molecule has 1 aliphatic carbocycles. The number of aromatic amines is 1. The maximum Gasteiger partial charge on any atom is 0.272 e. The van der Waals surface area contributed by atoms with Crippen molar-refractivity contribution in [2.75, 3.05) is 39.5 Å². The minimum Gasteiger partial charge on any atom is -0.492 e. The number of hydrogen-bond donors (Lipinski definition) is 2. The van der Waals surface area contributed by atoms with Gasteiger partial charge in [-0.3, -0.25) is 14.5 Å². The van der Waals surface area contributed by atoms with Gasteiger partial charge in [-0.05, 0) is 49.9 Å². The molecular weight excluding hydrogens is 444 g/mol. The monoisotopic (exact) mass is 476 g/mol. The highest BCUT2D eigenvalue weighted by Gasteiger charge is 2.26. The lowest BCUT2D eigenvalue weighted by Crippen LogP contribution is -2.38. The molecule has 2 aromatic carbocycles. The van der Waals surface area contributed by atoms with Gasteiger partial charge >= 0.3 is 0 Å². The first-order valence-electron chi connectivity index (χ1n) is 12.5. The Morgan fingerprint density at radius 3 is 2.63 bits per heavy atom. The number of nitrogens with one attached hydrogen (secondary N) is 2. The van der Waals surface area contributed by atoms with Crippen LogP contribution in [0.15, 0.2) is 53.3 Å². The van der Waals surface area contributed by atoms with Gasteiger partial charge in [0.25, 0.3) is 11.5 Å². The third kappa shape index (κ3) is 5.71. The van der Waals surface area contributed by atoms with Crippen LogP contribution >= 0.6 is 0 Å². The van der Waals surface area contributed by atoms with Gasteiger partial charge in [-0.1, -0.05) is 24.3 Å². The number of rotatable bonds is 7. The van der Waals surface area contributed by atoms with Crippen molar-refractivity contribution < 1.29 is 14.3 Å². The Balaban J connectivity index is 1.14. The Bertz CT molecular complexity index is 1210. The Morgan fingerprint density at radius 1 is 1.06 bits per heavy atom. The number of amides is 1. The molecule has 0 bridgehead atoms. The average molecular weight is 477 g/mol. The van der Waals surface area contributed by atoms with E-state index in [0.717, 1.165) is 69.6 Å². The van der Waals surface area contributed by atoms with E-state index >= 15 is 0 Å². The number of aromatic nitrogens is 2. The Kier molecular flexibility index (Phi) is 7.39. The molecule has 35 heavy (non-hydrogen) atoms. The maximum absolute atomic E-state index is 12.9. The van der Waals surface area contributed by atoms with Gasteiger partial charge in [0.05, 0.1) is 24.3 Å². The van der Waals surface area contributed by atoms with Crippen molar-refractivity contribution >= 4 is 16.7 Å². The molecule has 2 N–H and O–H groups in total. The van der Waals surface area contributed by atoms with E-state index < -0.39 is 0 Å². The van der Waals surface area contributed by atoms with Crippen molar-refractivity contribution in [1.29, 1.82) is 0 Å². The number of carbonyl (C=O) groups is 1. The largest absolute Gasteiger partial charge is 0.492 e. The van der Waals surface area contributed by atoms with Crippen LogP contribution in [-0.4, -0.2) is 66.5 Å². The normalized spacial score (nSPS) is 21.0. The topological polar surface area (TPSA) is 96.5 Å². The SMILES string of the molecule is O=C(NC1CCC(c2n[nH]c(=O)c3ccccc23)CC1)c1cccc(OCCN2CCOCC2)c1. The molecule has 1 saturated carbocycles. The Hall–Kier alpha value is -3.23. The van der Waals surface area contributed by atoms with Crippen molar-refractivity contribution in [2.45, 2.75) is 37.6 Å². The third-order valence-corrected chi connectivity index (χ3v) is 7.05. The van der Waals surface area contributed by atoms with Crippen LogP contribution in [0.3, 0.4) is 0 Å². The summed E-state index contributed by atoms with van der Waals surface area (Å²) >= 11 is 0. The lowest BCUT2D eigenvalue weighted by atomic mass is 9.82. The van der Waals surface area contributed by atoms with Crippen LogP contribution in [0.5, 0.6) is 5.75 Å². The van der Waals surface area contributed by atoms with Gasteiger partial charge in [-0.2, -0.15) is 5.10 Å². The highest BCUT2D eigenvalue weighted by atomic mass is 16.5.